The van der Waals surface area contributed by atoms with Gasteiger partial charge in [0.1, 0.15) is 5.52 Å². The normalized spacial score (nSPS) is 11.9. The molecule has 4 nitrogen and oxygen atoms in total. The minimum absolute atomic E-state index is 0.146. The number of amides is 1. The highest BCUT2D eigenvalue weighted by atomic mass is 16.3. The number of carbonyl (C=O) groups is 1. The van der Waals surface area contributed by atoms with Gasteiger partial charge in [0.05, 0.1) is 0 Å². The Morgan fingerprint density at radius 2 is 1.53 bits per heavy atom. The highest BCUT2D eigenvalue weighted by Gasteiger charge is 2.12. The van der Waals surface area contributed by atoms with E-state index in [1.807, 2.05) is 72.8 Å². The second-order valence-electron chi connectivity index (χ2n) is 8.53. The standard InChI is InChI=1S/C30H26N2O2/c1-3-20(2)25-15-18-28-27(19-25)32-30(34-28)24-13-16-26(17-14-24)31-29(33)23-11-9-22(10-12-23)21-7-5-4-6-8-21/h4-20H,3H2,1-2H3,(H,31,33)/t20-/m1/s1. The zero-order chi connectivity index (χ0) is 23.5. The molecule has 1 N–H and O–H groups in total. The summed E-state index contributed by atoms with van der Waals surface area (Å²) in [5, 5.41) is 2.96. The summed E-state index contributed by atoms with van der Waals surface area (Å²) in [6.07, 6.45) is 1.08. The lowest BCUT2D eigenvalue weighted by atomic mass is 9.98. The number of hydrogen-bond donors (Lipinski definition) is 1. The maximum atomic E-state index is 12.7. The lowest BCUT2D eigenvalue weighted by Crippen LogP contribution is -2.11. The van der Waals surface area contributed by atoms with Crippen molar-refractivity contribution in [1.29, 1.82) is 0 Å². The van der Waals surface area contributed by atoms with E-state index in [1.165, 1.54) is 5.56 Å². The monoisotopic (exact) mass is 446 g/mol. The summed E-state index contributed by atoms with van der Waals surface area (Å²) in [6, 6.07) is 31.5. The topological polar surface area (TPSA) is 55.1 Å². The number of rotatable bonds is 6. The van der Waals surface area contributed by atoms with Crippen LogP contribution in [0.3, 0.4) is 0 Å². The average Bonchev–Trinajstić information content (AvgIpc) is 3.33. The third-order valence-electron chi connectivity index (χ3n) is 6.24. The zero-order valence-electron chi connectivity index (χ0n) is 19.3. The van der Waals surface area contributed by atoms with Crippen molar-refractivity contribution in [2.24, 2.45) is 0 Å². The lowest BCUT2D eigenvalue weighted by molar-refractivity contribution is 0.102. The third kappa shape index (κ3) is 4.48. The molecule has 0 aliphatic rings. The summed E-state index contributed by atoms with van der Waals surface area (Å²) < 4.78 is 5.96. The van der Waals surface area contributed by atoms with E-state index in [0.717, 1.165) is 39.9 Å². The van der Waals surface area contributed by atoms with Crippen LogP contribution in [-0.4, -0.2) is 10.9 Å². The van der Waals surface area contributed by atoms with Gasteiger partial charge in [-0.05, 0) is 77.6 Å². The molecule has 0 unspecified atom stereocenters. The first-order valence-corrected chi connectivity index (χ1v) is 11.6. The van der Waals surface area contributed by atoms with Gasteiger partial charge in [0.25, 0.3) is 5.91 Å². The zero-order valence-corrected chi connectivity index (χ0v) is 19.3. The Hall–Kier alpha value is -4.18. The van der Waals surface area contributed by atoms with E-state index >= 15 is 0 Å². The van der Waals surface area contributed by atoms with Gasteiger partial charge < -0.3 is 9.73 Å². The van der Waals surface area contributed by atoms with Crippen molar-refractivity contribution >= 4 is 22.7 Å². The van der Waals surface area contributed by atoms with Crippen molar-refractivity contribution in [2.45, 2.75) is 26.2 Å². The molecule has 1 atom stereocenters. The molecule has 0 bridgehead atoms. The number of aromatic nitrogens is 1. The van der Waals surface area contributed by atoms with Gasteiger partial charge in [-0.1, -0.05) is 62.4 Å². The first-order valence-electron chi connectivity index (χ1n) is 11.6. The number of benzene rings is 4. The molecule has 4 heteroatoms. The molecule has 1 amide bonds. The van der Waals surface area contributed by atoms with Crippen LogP contribution in [0.2, 0.25) is 0 Å². The SMILES string of the molecule is CC[C@@H](C)c1ccc2oc(-c3ccc(NC(=O)c4ccc(-c5ccccc5)cc4)cc3)nc2c1. The van der Waals surface area contributed by atoms with Gasteiger partial charge in [0, 0.05) is 16.8 Å². The Bertz CT molecular complexity index is 1420. The van der Waals surface area contributed by atoms with Crippen molar-refractivity contribution in [3.05, 3.63) is 108 Å². The summed E-state index contributed by atoms with van der Waals surface area (Å²) in [5.41, 5.74) is 7.31. The van der Waals surface area contributed by atoms with Crippen molar-refractivity contribution < 1.29 is 9.21 Å². The van der Waals surface area contributed by atoms with Gasteiger partial charge in [-0.2, -0.15) is 0 Å². The van der Waals surface area contributed by atoms with Crippen LogP contribution < -0.4 is 5.32 Å². The predicted molar refractivity (Wildman–Crippen MR) is 138 cm³/mol. The van der Waals surface area contributed by atoms with Crippen molar-refractivity contribution in [1.82, 2.24) is 4.98 Å². The number of anilines is 1. The highest BCUT2D eigenvalue weighted by molar-refractivity contribution is 6.04. The van der Waals surface area contributed by atoms with E-state index in [-0.39, 0.29) is 5.91 Å². The second-order valence-corrected chi connectivity index (χ2v) is 8.53. The quantitative estimate of drug-likeness (QED) is 0.288. The third-order valence-corrected chi connectivity index (χ3v) is 6.24. The first-order chi connectivity index (χ1) is 16.6. The molecular formula is C30H26N2O2. The number of carbonyl (C=O) groups excluding carboxylic acids is 1. The van der Waals surface area contributed by atoms with Gasteiger partial charge in [-0.15, -0.1) is 0 Å². The Balaban J connectivity index is 1.29. The van der Waals surface area contributed by atoms with Crippen LogP contribution in [0.15, 0.2) is 101 Å². The number of nitrogens with one attached hydrogen (secondary N) is 1. The molecule has 1 aromatic heterocycles. The predicted octanol–water partition coefficient (Wildman–Crippen LogP) is 7.93. The largest absolute Gasteiger partial charge is 0.436 e. The second kappa shape index (κ2) is 9.36. The van der Waals surface area contributed by atoms with Gasteiger partial charge in [0.2, 0.25) is 5.89 Å². The first kappa shape index (κ1) is 21.7. The summed E-state index contributed by atoms with van der Waals surface area (Å²) in [6.45, 7) is 4.40. The van der Waals surface area contributed by atoms with Gasteiger partial charge >= 0.3 is 0 Å². The van der Waals surface area contributed by atoms with Crippen LogP contribution in [0, 0.1) is 0 Å². The summed E-state index contributed by atoms with van der Waals surface area (Å²) in [7, 11) is 0. The smallest absolute Gasteiger partial charge is 0.255 e. The number of oxazole rings is 1. The van der Waals surface area contributed by atoms with Crippen LogP contribution in [0.4, 0.5) is 5.69 Å². The fourth-order valence-corrected chi connectivity index (χ4v) is 3.95. The fourth-order valence-electron chi connectivity index (χ4n) is 3.95. The molecule has 0 aliphatic heterocycles. The number of nitrogens with zero attached hydrogens (tertiary/aromatic N) is 1. The molecule has 168 valence electrons. The van der Waals surface area contributed by atoms with Crippen molar-refractivity contribution in [3.8, 4) is 22.6 Å². The van der Waals surface area contributed by atoms with Crippen molar-refractivity contribution in [2.75, 3.05) is 5.32 Å². The van der Waals surface area contributed by atoms with Crippen LogP contribution in [0.25, 0.3) is 33.7 Å². The van der Waals surface area contributed by atoms with E-state index in [1.54, 1.807) is 0 Å². The van der Waals surface area contributed by atoms with Crippen LogP contribution in [-0.2, 0) is 0 Å². The number of hydrogen-bond acceptors (Lipinski definition) is 3. The number of fused-ring (bicyclic) bond motifs is 1. The Kier molecular flexibility index (Phi) is 5.96. The summed E-state index contributed by atoms with van der Waals surface area (Å²) >= 11 is 0. The molecule has 0 aliphatic carbocycles. The van der Waals surface area contributed by atoms with E-state index in [2.05, 4.69) is 48.4 Å². The molecule has 0 spiro atoms. The molecular weight excluding hydrogens is 420 g/mol. The van der Waals surface area contributed by atoms with Crippen LogP contribution >= 0.6 is 0 Å². The Morgan fingerprint density at radius 1 is 0.853 bits per heavy atom. The van der Waals surface area contributed by atoms with E-state index in [9.17, 15) is 4.79 Å². The average molecular weight is 447 g/mol. The molecule has 0 saturated heterocycles. The molecule has 0 radical (unpaired) electrons. The Labute approximate surface area is 199 Å². The molecule has 5 rings (SSSR count). The molecule has 1 heterocycles. The summed E-state index contributed by atoms with van der Waals surface area (Å²) in [4.78, 5) is 17.4. The minimum atomic E-state index is -0.146. The van der Waals surface area contributed by atoms with Gasteiger partial charge in [0.15, 0.2) is 5.58 Å². The van der Waals surface area contributed by atoms with Crippen LogP contribution in [0.1, 0.15) is 42.1 Å². The maximum Gasteiger partial charge on any atom is 0.255 e. The molecule has 0 saturated carbocycles. The van der Waals surface area contributed by atoms with Crippen molar-refractivity contribution in [3.63, 3.8) is 0 Å². The highest BCUT2D eigenvalue weighted by Crippen LogP contribution is 2.28. The minimum Gasteiger partial charge on any atom is -0.436 e. The van der Waals surface area contributed by atoms with E-state index in [4.69, 9.17) is 4.42 Å². The van der Waals surface area contributed by atoms with Crippen LogP contribution in [0.5, 0.6) is 0 Å². The molecule has 4 aromatic carbocycles. The van der Waals surface area contributed by atoms with Gasteiger partial charge in [-0.3, -0.25) is 4.79 Å². The maximum absolute atomic E-state index is 12.7. The summed E-state index contributed by atoms with van der Waals surface area (Å²) in [5.74, 6) is 0.916. The molecule has 5 aromatic rings. The van der Waals surface area contributed by atoms with Gasteiger partial charge in [-0.25, -0.2) is 4.98 Å². The fraction of sp³-hybridized carbons (Fsp3) is 0.133. The molecule has 0 fully saturated rings. The van der Waals surface area contributed by atoms with E-state index in [0.29, 0.717) is 17.4 Å². The Morgan fingerprint density at radius 3 is 2.24 bits per heavy atom. The lowest BCUT2D eigenvalue weighted by Gasteiger charge is -2.07. The van der Waals surface area contributed by atoms with E-state index < -0.39 is 0 Å². The molecule has 34 heavy (non-hydrogen) atoms.